The molecule has 0 bridgehead atoms. The number of para-hydroxylation sites is 2. The van der Waals surface area contributed by atoms with Gasteiger partial charge in [-0.2, -0.15) is 0 Å². The third-order valence-electron chi connectivity index (χ3n) is 7.17. The van der Waals surface area contributed by atoms with Gasteiger partial charge in [0, 0.05) is 38.6 Å². The van der Waals surface area contributed by atoms with E-state index < -0.39 is 259 Å². The predicted octanol–water partition coefficient (Wildman–Crippen LogP) is 12.1. The normalized spacial score (nSPS) is 19.1. The highest BCUT2D eigenvalue weighted by molar-refractivity contribution is 6.13. The van der Waals surface area contributed by atoms with Crippen molar-refractivity contribution in [3.05, 3.63) is 175 Å². The van der Waals surface area contributed by atoms with Gasteiger partial charge in [0.1, 0.15) is 11.2 Å². The molecule has 50 heavy (non-hydrogen) atoms. The fraction of sp³-hybridized carbons (Fsp3) is 0.0217. The second-order valence-electron chi connectivity index (χ2n) is 10.3. The summed E-state index contributed by atoms with van der Waals surface area (Å²) in [5.74, 6) is -2.69. The van der Waals surface area contributed by atoms with Gasteiger partial charge in [0.05, 0.1) is 38.4 Å². The van der Waals surface area contributed by atoms with Crippen molar-refractivity contribution in [2.45, 2.75) is 6.92 Å². The molecule has 0 aliphatic carbocycles. The van der Waals surface area contributed by atoms with Crippen LogP contribution in [0.3, 0.4) is 0 Å². The van der Waals surface area contributed by atoms with E-state index in [0.29, 0.717) is 0 Å². The summed E-state index contributed by atoms with van der Waals surface area (Å²) in [5.41, 5.74) is -8.08. The highest BCUT2D eigenvalue weighted by Gasteiger charge is 2.17. The zero-order valence-electron chi connectivity index (χ0n) is 53.2. The van der Waals surface area contributed by atoms with Gasteiger partial charge in [-0.3, -0.25) is 0 Å². The largest absolute Gasteiger partial charge is 0.455 e. The van der Waals surface area contributed by atoms with Crippen LogP contribution in [0.15, 0.2) is 174 Å². The fourth-order valence-corrected chi connectivity index (χ4v) is 4.94. The maximum atomic E-state index is 9.72. The van der Waals surface area contributed by atoms with Gasteiger partial charge >= 0.3 is 0 Å². The lowest BCUT2D eigenvalue weighted by Crippen LogP contribution is -2.00. The molecule has 0 radical (unpaired) electrons. The first-order valence-electron chi connectivity index (χ1n) is 28.5. The van der Waals surface area contributed by atoms with Crippen LogP contribution in [-0.2, 0) is 0 Å². The van der Waals surface area contributed by atoms with Crippen LogP contribution in [0.1, 0.15) is 43.9 Å². The minimum Gasteiger partial charge on any atom is -0.455 e. The number of furan rings is 1. The van der Waals surface area contributed by atoms with E-state index in [2.05, 4.69) is 15.0 Å². The predicted molar refractivity (Wildman–Crippen MR) is 204 cm³/mol. The Kier molecular flexibility index (Phi) is 3.07. The summed E-state index contributed by atoms with van der Waals surface area (Å²) in [5, 5.41) is -1.10. The Morgan fingerprint density at radius 3 is 1.50 bits per heavy atom. The van der Waals surface area contributed by atoms with Crippen LogP contribution in [0.5, 0.6) is 0 Å². The van der Waals surface area contributed by atoms with Gasteiger partial charge in [0.15, 0.2) is 17.5 Å². The fourth-order valence-electron chi connectivity index (χ4n) is 4.94. The van der Waals surface area contributed by atoms with Gasteiger partial charge in [0.25, 0.3) is 0 Å². The molecule has 0 unspecified atom stereocenters. The third-order valence-corrected chi connectivity index (χ3v) is 7.17. The second kappa shape index (κ2) is 12.4. The number of aromatic nitrogens is 3. The maximum Gasteiger partial charge on any atom is 0.164 e. The average Bonchev–Trinajstić information content (AvgIpc) is 3.83. The lowest BCUT2D eigenvalue weighted by molar-refractivity contribution is 0.671. The number of hydrogen-bond donors (Lipinski definition) is 0. The standard InChI is InChI=1S/C46H31N3O/c1-30-12-8-17-35(28-30)31-24-26-34(27-25-31)45-47-44(33-15-6-3-7-16-33)48-46(49-45)37-19-9-18-36(29-37)39-21-11-23-41-40-22-10-20-38(42(40)50-43(39)41)32-13-4-2-5-14-32/h2-29H,1H3/i2D,3D,4D,5D,6D,7D,8D,9D,10D,11D,12D,13D,14D,15D,16D,17D,18D,19D,20D,21D,22D,23D,24D,25D,26D,27D,28D,29D. The van der Waals surface area contributed by atoms with E-state index in [0.717, 1.165) is 0 Å². The van der Waals surface area contributed by atoms with Crippen LogP contribution in [0.4, 0.5) is 0 Å². The zero-order valence-corrected chi connectivity index (χ0v) is 25.2. The monoisotopic (exact) mass is 669 g/mol. The van der Waals surface area contributed by atoms with Gasteiger partial charge in [-0.15, -0.1) is 0 Å². The molecular weight excluding hydrogens is 611 g/mol. The Hall–Kier alpha value is -6.65. The molecule has 0 spiro atoms. The first-order valence-corrected chi connectivity index (χ1v) is 14.5. The minimum absolute atomic E-state index is 0.127. The van der Waals surface area contributed by atoms with Crippen molar-refractivity contribution in [2.24, 2.45) is 0 Å². The molecule has 236 valence electrons. The summed E-state index contributed by atoms with van der Waals surface area (Å²) in [4.78, 5) is 12.8. The quantitative estimate of drug-likeness (QED) is 0.177. The van der Waals surface area contributed by atoms with Gasteiger partial charge in [0.2, 0.25) is 0 Å². The summed E-state index contributed by atoms with van der Waals surface area (Å²) in [6.45, 7) is 1.28. The van der Waals surface area contributed by atoms with Crippen LogP contribution in [0.25, 0.3) is 89.5 Å². The van der Waals surface area contributed by atoms with Gasteiger partial charge in [-0.1, -0.05) is 169 Å². The highest BCUT2D eigenvalue weighted by atomic mass is 16.3. The highest BCUT2D eigenvalue weighted by Crippen LogP contribution is 2.40. The average molecular weight is 670 g/mol. The van der Waals surface area contributed by atoms with E-state index in [4.69, 9.17) is 34.6 Å². The molecular formula is C46H31N3O. The first-order chi connectivity index (χ1) is 36.3. The van der Waals surface area contributed by atoms with Crippen LogP contribution in [0, 0.1) is 6.92 Å². The molecule has 7 aromatic carbocycles. The summed E-state index contributed by atoms with van der Waals surface area (Å²) >= 11 is 0. The topological polar surface area (TPSA) is 51.8 Å². The summed E-state index contributed by atoms with van der Waals surface area (Å²) < 4.78 is 252. The molecule has 0 saturated heterocycles. The smallest absolute Gasteiger partial charge is 0.164 e. The van der Waals surface area contributed by atoms with E-state index in [1.165, 1.54) is 6.92 Å². The molecule has 2 heterocycles. The summed E-state index contributed by atoms with van der Waals surface area (Å²) in [6.07, 6.45) is 0. The van der Waals surface area contributed by atoms with Crippen LogP contribution in [-0.4, -0.2) is 15.0 Å². The van der Waals surface area contributed by atoms with Crippen molar-refractivity contribution >= 4 is 21.9 Å². The van der Waals surface area contributed by atoms with E-state index in [-0.39, 0.29) is 5.56 Å². The van der Waals surface area contributed by atoms with E-state index in [1.807, 2.05) is 0 Å². The van der Waals surface area contributed by atoms with E-state index >= 15 is 0 Å². The van der Waals surface area contributed by atoms with Crippen molar-refractivity contribution in [2.75, 3.05) is 0 Å². The van der Waals surface area contributed by atoms with E-state index in [1.54, 1.807) is 0 Å². The molecule has 0 N–H and O–H groups in total. The van der Waals surface area contributed by atoms with Crippen LogP contribution >= 0.6 is 0 Å². The first kappa shape index (κ1) is 12.3. The molecule has 2 aromatic heterocycles. The van der Waals surface area contributed by atoms with Gasteiger partial charge in [-0.25, -0.2) is 15.0 Å². The van der Waals surface area contributed by atoms with Crippen molar-refractivity contribution in [1.29, 1.82) is 0 Å². The molecule has 9 aromatic rings. The Labute approximate surface area is 329 Å². The number of nitrogens with zero attached hydrogens (tertiary/aromatic N) is 3. The van der Waals surface area contributed by atoms with Crippen LogP contribution in [0.2, 0.25) is 0 Å². The maximum absolute atomic E-state index is 9.72. The van der Waals surface area contributed by atoms with Crippen molar-refractivity contribution in [1.82, 2.24) is 15.0 Å². The van der Waals surface area contributed by atoms with Crippen molar-refractivity contribution in [3.63, 3.8) is 0 Å². The molecule has 9 rings (SSSR count). The number of hydrogen-bond acceptors (Lipinski definition) is 4. The Morgan fingerprint density at radius 2 is 0.840 bits per heavy atom. The molecule has 0 atom stereocenters. The number of rotatable bonds is 6. The number of fused-ring (bicyclic) bond motifs is 3. The third kappa shape index (κ3) is 5.43. The Balaban J connectivity index is 1.42. The van der Waals surface area contributed by atoms with Crippen molar-refractivity contribution < 1.29 is 42.8 Å². The van der Waals surface area contributed by atoms with E-state index in [9.17, 15) is 8.22 Å². The minimum atomic E-state index is -1.07. The lowest BCUT2D eigenvalue weighted by atomic mass is 9.99. The molecule has 0 aliphatic heterocycles. The molecule has 4 nitrogen and oxygen atoms in total. The second-order valence-corrected chi connectivity index (χ2v) is 10.3. The van der Waals surface area contributed by atoms with Gasteiger partial charge in [-0.05, 0) is 35.2 Å². The van der Waals surface area contributed by atoms with Crippen LogP contribution < -0.4 is 0 Å². The van der Waals surface area contributed by atoms with Gasteiger partial charge < -0.3 is 4.42 Å². The zero-order chi connectivity index (χ0) is 57.8. The SMILES string of the molecule is [2H]c1c([2H])c([2H])c(-c2nc(-c3c([2H])c([2H])c(-c4c([2H])c([2H])c([2H])c(C)c4[2H])c([2H])c3[2H])nc(-c3c([2H])c([2H])c([2H])c(-c4c([2H])c([2H])c([2H])c5c4oc4c(-c6c([2H])c([2H])c([2H])c([2H])c6[2H])c([2H])c([2H])c([2H])c45)c3[2H])n2)c([2H])c1[2H]. The molecule has 0 saturated carbocycles. The lowest BCUT2D eigenvalue weighted by Gasteiger charge is -2.10. The summed E-state index contributed by atoms with van der Waals surface area (Å²) in [6, 6.07) is -24.8. The molecule has 0 aliphatic rings. The Bertz CT molecular complexity index is 4150. The van der Waals surface area contributed by atoms with Crippen molar-refractivity contribution in [3.8, 4) is 67.5 Å². The number of benzene rings is 7. The molecule has 0 fully saturated rings. The molecule has 0 amide bonds. The summed E-state index contributed by atoms with van der Waals surface area (Å²) in [7, 11) is 0. The Morgan fingerprint density at radius 1 is 0.380 bits per heavy atom. The molecule has 4 heteroatoms.